The van der Waals surface area contributed by atoms with Crippen molar-refractivity contribution >= 4 is 11.8 Å². The van der Waals surface area contributed by atoms with Crippen molar-refractivity contribution in [1.82, 2.24) is 19.7 Å². The second-order valence-electron chi connectivity index (χ2n) is 5.38. The summed E-state index contributed by atoms with van der Waals surface area (Å²) in [7, 11) is 1.69. The Labute approximate surface area is 125 Å². The van der Waals surface area contributed by atoms with Gasteiger partial charge in [0.25, 0.3) is 5.91 Å². The first kappa shape index (κ1) is 15.6. The third-order valence-corrected chi connectivity index (χ3v) is 3.70. The van der Waals surface area contributed by atoms with Crippen LogP contribution in [0.25, 0.3) is 0 Å². The molecule has 2 heterocycles. The molecular formula is C15H24N4O2. The highest BCUT2D eigenvalue weighted by Gasteiger charge is 2.22. The van der Waals surface area contributed by atoms with Crippen molar-refractivity contribution in [2.24, 2.45) is 0 Å². The number of aromatic nitrogens is 1. The lowest BCUT2D eigenvalue weighted by molar-refractivity contribution is -0.132. The average molecular weight is 292 g/mol. The molecular weight excluding hydrogens is 268 g/mol. The molecule has 1 aliphatic rings. The van der Waals surface area contributed by atoms with Gasteiger partial charge in [0.05, 0.1) is 6.54 Å². The van der Waals surface area contributed by atoms with Crippen LogP contribution in [-0.2, 0) is 11.3 Å². The molecule has 1 aliphatic heterocycles. The second kappa shape index (κ2) is 7.26. The Bertz CT molecular complexity index is 492. The van der Waals surface area contributed by atoms with Gasteiger partial charge in [-0.25, -0.2) is 0 Å². The molecule has 2 rings (SSSR count). The second-order valence-corrected chi connectivity index (χ2v) is 5.38. The summed E-state index contributed by atoms with van der Waals surface area (Å²) in [5.74, 6) is -0.0853. The van der Waals surface area contributed by atoms with Crippen molar-refractivity contribution in [3.63, 3.8) is 0 Å². The Balaban J connectivity index is 1.95. The minimum Gasteiger partial charge on any atom is -0.344 e. The number of likely N-dealkylation sites (N-methyl/N-ethyl adjacent to an activating group) is 1. The van der Waals surface area contributed by atoms with Crippen LogP contribution in [0.2, 0.25) is 0 Å². The third-order valence-electron chi connectivity index (χ3n) is 3.70. The van der Waals surface area contributed by atoms with Gasteiger partial charge < -0.3 is 19.7 Å². The molecule has 6 heteroatoms. The number of nitrogens with one attached hydrogen (secondary N) is 1. The summed E-state index contributed by atoms with van der Waals surface area (Å²) in [6.07, 6.45) is 2.88. The van der Waals surface area contributed by atoms with Crippen LogP contribution in [0, 0.1) is 0 Å². The Morgan fingerprint density at radius 1 is 1.33 bits per heavy atom. The van der Waals surface area contributed by atoms with Crippen LogP contribution < -0.4 is 5.32 Å². The third kappa shape index (κ3) is 3.85. The molecule has 0 saturated carbocycles. The van der Waals surface area contributed by atoms with Gasteiger partial charge in [0, 0.05) is 46.0 Å². The molecule has 0 unspecified atom stereocenters. The molecule has 1 aromatic rings. The van der Waals surface area contributed by atoms with Crippen molar-refractivity contribution in [2.75, 3.05) is 39.8 Å². The molecule has 1 fully saturated rings. The number of piperazine rings is 1. The fourth-order valence-electron chi connectivity index (χ4n) is 2.53. The summed E-state index contributed by atoms with van der Waals surface area (Å²) in [5.41, 5.74) is 0.646. The largest absolute Gasteiger partial charge is 0.344 e. The topological polar surface area (TPSA) is 57.6 Å². The maximum atomic E-state index is 12.4. The monoisotopic (exact) mass is 292 g/mol. The zero-order valence-electron chi connectivity index (χ0n) is 12.8. The Morgan fingerprint density at radius 3 is 2.71 bits per heavy atom. The highest BCUT2D eigenvalue weighted by atomic mass is 16.2. The molecule has 2 amide bonds. The molecule has 1 aromatic heterocycles. The van der Waals surface area contributed by atoms with E-state index in [4.69, 9.17) is 0 Å². The fraction of sp³-hybridized carbons (Fsp3) is 0.600. The maximum absolute atomic E-state index is 12.4. The predicted octanol–water partition coefficient (Wildman–Crippen LogP) is 0.402. The van der Waals surface area contributed by atoms with Gasteiger partial charge in [0.2, 0.25) is 5.91 Å². The van der Waals surface area contributed by atoms with Crippen LogP contribution in [0.5, 0.6) is 0 Å². The lowest BCUT2D eigenvalue weighted by atomic mass is 10.3. The first-order valence-electron chi connectivity index (χ1n) is 7.52. The minimum absolute atomic E-state index is 0.0148. The summed E-state index contributed by atoms with van der Waals surface area (Å²) in [4.78, 5) is 27.9. The van der Waals surface area contributed by atoms with Crippen molar-refractivity contribution in [3.05, 3.63) is 24.0 Å². The van der Waals surface area contributed by atoms with E-state index in [1.54, 1.807) is 7.05 Å². The molecule has 21 heavy (non-hydrogen) atoms. The fourth-order valence-corrected chi connectivity index (χ4v) is 2.53. The number of nitrogens with zero attached hydrogens (tertiary/aromatic N) is 3. The van der Waals surface area contributed by atoms with Gasteiger partial charge in [-0.1, -0.05) is 6.92 Å². The van der Waals surface area contributed by atoms with Gasteiger partial charge in [-0.15, -0.1) is 0 Å². The average Bonchev–Trinajstić information content (AvgIpc) is 2.96. The summed E-state index contributed by atoms with van der Waals surface area (Å²) < 4.78 is 1.94. The van der Waals surface area contributed by atoms with Crippen LogP contribution in [0.3, 0.4) is 0 Å². The zero-order chi connectivity index (χ0) is 15.2. The van der Waals surface area contributed by atoms with Gasteiger partial charge in [0.15, 0.2) is 0 Å². The van der Waals surface area contributed by atoms with Crippen LogP contribution in [-0.4, -0.2) is 66.0 Å². The zero-order valence-corrected chi connectivity index (χ0v) is 12.8. The number of carbonyl (C=O) groups is 2. The van der Waals surface area contributed by atoms with Crippen molar-refractivity contribution < 1.29 is 9.59 Å². The lowest BCUT2D eigenvalue weighted by Gasteiger charge is -2.29. The van der Waals surface area contributed by atoms with Crippen LogP contribution in [0.15, 0.2) is 18.3 Å². The van der Waals surface area contributed by atoms with Gasteiger partial charge in [-0.2, -0.15) is 0 Å². The molecule has 6 nitrogen and oxygen atoms in total. The molecule has 0 spiro atoms. The van der Waals surface area contributed by atoms with E-state index in [1.807, 2.05) is 27.8 Å². The minimum atomic E-state index is -0.100. The molecule has 0 atom stereocenters. The molecule has 0 bridgehead atoms. The van der Waals surface area contributed by atoms with Gasteiger partial charge in [0.1, 0.15) is 5.69 Å². The summed E-state index contributed by atoms with van der Waals surface area (Å²) >= 11 is 0. The first-order chi connectivity index (χ1) is 10.1. The summed E-state index contributed by atoms with van der Waals surface area (Å²) in [5, 5.41) is 3.21. The summed E-state index contributed by atoms with van der Waals surface area (Å²) in [6.45, 7) is 6.10. The normalized spacial score (nSPS) is 15.0. The first-order valence-corrected chi connectivity index (χ1v) is 7.52. The molecule has 1 N–H and O–H groups in total. The van der Waals surface area contributed by atoms with Gasteiger partial charge in [-0.3, -0.25) is 9.59 Å². The van der Waals surface area contributed by atoms with E-state index in [9.17, 15) is 9.59 Å². The Kier molecular flexibility index (Phi) is 5.38. The van der Waals surface area contributed by atoms with Crippen LogP contribution in [0.1, 0.15) is 23.8 Å². The van der Waals surface area contributed by atoms with E-state index in [2.05, 4.69) is 12.2 Å². The smallest absolute Gasteiger partial charge is 0.270 e. The van der Waals surface area contributed by atoms with Crippen molar-refractivity contribution in [1.29, 1.82) is 0 Å². The highest BCUT2D eigenvalue weighted by Crippen LogP contribution is 2.07. The van der Waals surface area contributed by atoms with E-state index in [0.29, 0.717) is 18.8 Å². The molecule has 116 valence electrons. The highest BCUT2D eigenvalue weighted by molar-refractivity contribution is 5.95. The maximum Gasteiger partial charge on any atom is 0.270 e. The number of hydrogen-bond donors (Lipinski definition) is 1. The SMILES string of the molecule is CCCn1cccc1C(=O)N(C)CC(=O)N1CCNCC1. The van der Waals surface area contributed by atoms with Crippen molar-refractivity contribution in [2.45, 2.75) is 19.9 Å². The molecule has 0 radical (unpaired) electrons. The molecule has 0 aromatic carbocycles. The number of rotatable bonds is 5. The predicted molar refractivity (Wildman–Crippen MR) is 81.1 cm³/mol. The Hall–Kier alpha value is -1.82. The Morgan fingerprint density at radius 2 is 2.05 bits per heavy atom. The number of hydrogen-bond acceptors (Lipinski definition) is 3. The van der Waals surface area contributed by atoms with E-state index in [-0.39, 0.29) is 18.4 Å². The summed E-state index contributed by atoms with van der Waals surface area (Å²) in [6, 6.07) is 3.68. The standard InChI is InChI=1S/C15H24N4O2/c1-3-8-18-9-4-5-13(18)15(21)17(2)12-14(20)19-10-6-16-7-11-19/h4-5,9,16H,3,6-8,10-12H2,1-2H3. The van der Waals surface area contributed by atoms with E-state index < -0.39 is 0 Å². The van der Waals surface area contributed by atoms with E-state index >= 15 is 0 Å². The number of carbonyl (C=O) groups excluding carboxylic acids is 2. The van der Waals surface area contributed by atoms with Gasteiger partial charge in [-0.05, 0) is 18.6 Å². The van der Waals surface area contributed by atoms with Crippen LogP contribution in [0.4, 0.5) is 0 Å². The van der Waals surface area contributed by atoms with Crippen LogP contribution >= 0.6 is 0 Å². The van der Waals surface area contributed by atoms with E-state index in [0.717, 1.165) is 26.1 Å². The number of aryl methyl sites for hydroxylation is 1. The van der Waals surface area contributed by atoms with Crippen molar-refractivity contribution in [3.8, 4) is 0 Å². The quantitative estimate of drug-likeness (QED) is 0.855. The van der Waals surface area contributed by atoms with Gasteiger partial charge >= 0.3 is 0 Å². The lowest BCUT2D eigenvalue weighted by Crippen LogP contribution is -2.49. The molecule has 1 saturated heterocycles. The van der Waals surface area contributed by atoms with E-state index in [1.165, 1.54) is 4.90 Å². The number of amides is 2. The molecule has 0 aliphatic carbocycles.